The first-order valence-electron chi connectivity index (χ1n) is 5.23. The summed E-state index contributed by atoms with van der Waals surface area (Å²) in [6, 6.07) is 4.27. The van der Waals surface area contributed by atoms with Crippen LogP contribution in [0.2, 0.25) is 0 Å². The zero-order valence-corrected chi connectivity index (χ0v) is 11.0. The van der Waals surface area contributed by atoms with Gasteiger partial charge in [-0.15, -0.1) is 0 Å². The summed E-state index contributed by atoms with van der Waals surface area (Å²) in [5, 5.41) is 0. The van der Waals surface area contributed by atoms with Crippen molar-refractivity contribution in [2.75, 3.05) is 5.73 Å². The van der Waals surface area contributed by atoms with E-state index in [2.05, 4.69) is 35.9 Å². The molecule has 19 heavy (non-hydrogen) atoms. The average Bonchev–Trinajstić information content (AvgIpc) is 2.82. The van der Waals surface area contributed by atoms with Gasteiger partial charge in [0.25, 0.3) is 5.88 Å². The molecule has 1 aromatic carbocycles. The molecule has 96 valence electrons. The lowest BCUT2D eigenvalue weighted by atomic mass is 10.3. The SMILES string of the molecule is Nc1nc(Oc2ccc(F)c(Br)c2)c2[nH]cnc2n1. The molecule has 8 heteroatoms. The molecule has 0 amide bonds. The number of anilines is 1. The third kappa shape index (κ3) is 2.22. The maximum atomic E-state index is 13.1. The molecule has 2 heterocycles. The molecule has 0 atom stereocenters. The summed E-state index contributed by atoms with van der Waals surface area (Å²) in [5.74, 6) is 0.331. The normalized spacial score (nSPS) is 10.8. The van der Waals surface area contributed by atoms with Gasteiger partial charge in [0.05, 0.1) is 10.8 Å². The van der Waals surface area contributed by atoms with Crippen molar-refractivity contribution in [1.82, 2.24) is 19.9 Å². The van der Waals surface area contributed by atoms with E-state index in [-0.39, 0.29) is 17.6 Å². The van der Waals surface area contributed by atoms with Gasteiger partial charge >= 0.3 is 0 Å². The molecule has 0 unspecified atom stereocenters. The number of nitrogens with zero attached hydrogens (tertiary/aromatic N) is 3. The molecule has 0 spiro atoms. The number of aromatic amines is 1. The van der Waals surface area contributed by atoms with Crippen LogP contribution in [0.4, 0.5) is 10.3 Å². The largest absolute Gasteiger partial charge is 0.437 e. The number of rotatable bonds is 2. The van der Waals surface area contributed by atoms with Crippen molar-refractivity contribution in [2.45, 2.75) is 0 Å². The van der Waals surface area contributed by atoms with Crippen LogP contribution in [-0.2, 0) is 0 Å². The minimum atomic E-state index is -0.374. The number of ether oxygens (including phenoxy) is 1. The molecule has 0 aliphatic heterocycles. The van der Waals surface area contributed by atoms with E-state index in [0.29, 0.717) is 21.4 Å². The number of hydrogen-bond donors (Lipinski definition) is 2. The van der Waals surface area contributed by atoms with Crippen LogP contribution in [0.25, 0.3) is 11.2 Å². The first kappa shape index (κ1) is 11.8. The van der Waals surface area contributed by atoms with Crippen LogP contribution in [0.1, 0.15) is 0 Å². The van der Waals surface area contributed by atoms with Crippen molar-refractivity contribution >= 4 is 33.0 Å². The lowest BCUT2D eigenvalue weighted by Gasteiger charge is -2.06. The minimum absolute atomic E-state index is 0.0516. The predicted molar refractivity (Wildman–Crippen MR) is 70.3 cm³/mol. The molecule has 2 aromatic heterocycles. The number of nitrogen functional groups attached to an aromatic ring is 1. The second kappa shape index (κ2) is 4.47. The van der Waals surface area contributed by atoms with E-state index in [9.17, 15) is 4.39 Å². The van der Waals surface area contributed by atoms with Crippen molar-refractivity contribution < 1.29 is 9.13 Å². The Morgan fingerprint density at radius 2 is 2.16 bits per heavy atom. The quantitative estimate of drug-likeness (QED) is 0.756. The van der Waals surface area contributed by atoms with Crippen molar-refractivity contribution in [3.63, 3.8) is 0 Å². The van der Waals surface area contributed by atoms with Crippen molar-refractivity contribution in [3.05, 3.63) is 34.8 Å². The standard InChI is InChI=1S/C11H7BrFN5O/c12-6-3-5(1-2-7(6)13)19-10-8-9(16-4-15-8)17-11(14)18-10/h1-4H,(H3,14,15,16,17,18). The van der Waals surface area contributed by atoms with E-state index in [1.807, 2.05) is 0 Å². The molecule has 6 nitrogen and oxygen atoms in total. The van der Waals surface area contributed by atoms with Crippen LogP contribution in [-0.4, -0.2) is 19.9 Å². The third-order valence-electron chi connectivity index (χ3n) is 2.38. The number of fused-ring (bicyclic) bond motifs is 1. The van der Waals surface area contributed by atoms with Crippen LogP contribution in [0.5, 0.6) is 11.6 Å². The van der Waals surface area contributed by atoms with E-state index >= 15 is 0 Å². The molecule has 0 radical (unpaired) electrons. The molecule has 0 saturated heterocycles. The van der Waals surface area contributed by atoms with Crippen molar-refractivity contribution in [3.8, 4) is 11.6 Å². The Morgan fingerprint density at radius 3 is 2.95 bits per heavy atom. The van der Waals surface area contributed by atoms with Crippen LogP contribution in [0, 0.1) is 5.82 Å². The van der Waals surface area contributed by atoms with E-state index in [0.717, 1.165) is 0 Å². The van der Waals surface area contributed by atoms with Gasteiger partial charge < -0.3 is 15.5 Å². The molecule has 3 N–H and O–H groups in total. The van der Waals surface area contributed by atoms with E-state index < -0.39 is 0 Å². The zero-order chi connectivity index (χ0) is 13.4. The fourth-order valence-electron chi connectivity index (χ4n) is 1.55. The zero-order valence-electron chi connectivity index (χ0n) is 9.39. The summed E-state index contributed by atoms with van der Waals surface area (Å²) in [4.78, 5) is 14.8. The van der Waals surface area contributed by atoms with Crippen LogP contribution < -0.4 is 10.5 Å². The van der Waals surface area contributed by atoms with Gasteiger partial charge in [0.1, 0.15) is 17.1 Å². The maximum Gasteiger partial charge on any atom is 0.250 e. The summed E-state index contributed by atoms with van der Waals surface area (Å²) in [5.41, 5.74) is 6.50. The topological polar surface area (TPSA) is 89.7 Å². The van der Waals surface area contributed by atoms with Crippen molar-refractivity contribution in [2.24, 2.45) is 0 Å². The van der Waals surface area contributed by atoms with Gasteiger partial charge in [-0.1, -0.05) is 0 Å². The number of nitrogens with two attached hydrogens (primary N) is 1. The number of benzene rings is 1. The Labute approximate surface area is 115 Å². The van der Waals surface area contributed by atoms with Gasteiger partial charge in [-0.25, -0.2) is 9.37 Å². The fourth-order valence-corrected chi connectivity index (χ4v) is 1.91. The molecule has 0 bridgehead atoms. The Kier molecular flexibility index (Phi) is 2.79. The van der Waals surface area contributed by atoms with Crippen LogP contribution in [0.3, 0.4) is 0 Å². The van der Waals surface area contributed by atoms with Gasteiger partial charge in [0.15, 0.2) is 5.65 Å². The summed E-state index contributed by atoms with van der Waals surface area (Å²) in [7, 11) is 0. The summed E-state index contributed by atoms with van der Waals surface area (Å²) < 4.78 is 19.0. The van der Waals surface area contributed by atoms with Gasteiger partial charge in [-0.05, 0) is 34.1 Å². The molecule has 0 aliphatic carbocycles. The summed E-state index contributed by atoms with van der Waals surface area (Å²) in [6.07, 6.45) is 1.46. The molecule has 0 saturated carbocycles. The highest BCUT2D eigenvalue weighted by Gasteiger charge is 2.11. The first-order valence-corrected chi connectivity index (χ1v) is 6.02. The van der Waals surface area contributed by atoms with E-state index in [1.165, 1.54) is 24.5 Å². The summed E-state index contributed by atoms with van der Waals surface area (Å²) in [6.45, 7) is 0. The van der Waals surface area contributed by atoms with Gasteiger partial charge in [-0.3, -0.25) is 0 Å². The predicted octanol–water partition coefficient (Wildman–Crippen LogP) is 2.63. The lowest BCUT2D eigenvalue weighted by Crippen LogP contribution is -1.98. The number of H-pyrrole nitrogens is 1. The highest BCUT2D eigenvalue weighted by molar-refractivity contribution is 9.10. The van der Waals surface area contributed by atoms with Crippen LogP contribution >= 0.6 is 15.9 Å². The number of aromatic nitrogens is 4. The number of nitrogens with one attached hydrogen (secondary N) is 1. The van der Waals surface area contributed by atoms with Crippen LogP contribution in [0.15, 0.2) is 29.0 Å². The number of halogens is 2. The van der Waals surface area contributed by atoms with Crippen molar-refractivity contribution in [1.29, 1.82) is 0 Å². The van der Waals surface area contributed by atoms with Gasteiger partial charge in [-0.2, -0.15) is 9.97 Å². The molecule has 0 aliphatic rings. The second-order valence-corrected chi connectivity index (χ2v) is 4.52. The highest BCUT2D eigenvalue weighted by Crippen LogP contribution is 2.28. The van der Waals surface area contributed by atoms with E-state index in [4.69, 9.17) is 10.5 Å². The number of hydrogen-bond acceptors (Lipinski definition) is 5. The van der Waals surface area contributed by atoms with Gasteiger partial charge in [0.2, 0.25) is 5.95 Å². The molecule has 3 rings (SSSR count). The Morgan fingerprint density at radius 1 is 1.32 bits per heavy atom. The first-order chi connectivity index (χ1) is 9.13. The average molecular weight is 324 g/mol. The van der Waals surface area contributed by atoms with E-state index in [1.54, 1.807) is 0 Å². The smallest absolute Gasteiger partial charge is 0.250 e. The Bertz CT molecular complexity index is 760. The lowest BCUT2D eigenvalue weighted by molar-refractivity contribution is 0.465. The minimum Gasteiger partial charge on any atom is -0.437 e. The second-order valence-electron chi connectivity index (χ2n) is 3.67. The summed E-state index contributed by atoms with van der Waals surface area (Å²) >= 11 is 3.08. The molecule has 3 aromatic rings. The number of imidazole rings is 1. The molecule has 0 fully saturated rings. The molecular weight excluding hydrogens is 317 g/mol. The fraction of sp³-hybridized carbons (Fsp3) is 0. The third-order valence-corrected chi connectivity index (χ3v) is 2.98. The maximum absolute atomic E-state index is 13.1. The monoisotopic (exact) mass is 323 g/mol. The Hall–Kier alpha value is -2.22. The Balaban J connectivity index is 2.04. The highest BCUT2D eigenvalue weighted by atomic mass is 79.9. The molecular formula is C11H7BrFN5O. The van der Waals surface area contributed by atoms with Gasteiger partial charge in [0, 0.05) is 0 Å².